The van der Waals surface area contributed by atoms with Gasteiger partial charge in [0.25, 0.3) is 0 Å². The van der Waals surface area contributed by atoms with Crippen molar-refractivity contribution >= 4 is 39.1 Å². The van der Waals surface area contributed by atoms with Crippen molar-refractivity contribution in [3.63, 3.8) is 0 Å². The lowest BCUT2D eigenvalue weighted by Crippen LogP contribution is -2.45. The topological polar surface area (TPSA) is 85.4 Å². The van der Waals surface area contributed by atoms with E-state index in [0.717, 1.165) is 5.56 Å². The number of benzene rings is 2. The fourth-order valence-corrected chi connectivity index (χ4v) is 6.33. The molecule has 34 heavy (non-hydrogen) atoms. The molecule has 1 unspecified atom stereocenters. The highest BCUT2D eigenvalue weighted by Gasteiger charge is 2.35. The fraction of sp³-hybridized carbons (Fsp3) is 0.435. The highest BCUT2D eigenvalue weighted by molar-refractivity contribution is 7.89. The summed E-state index contributed by atoms with van der Waals surface area (Å²) in [5.41, 5.74) is 0.788. The molecular formula is C23H28Cl2N2O6S. The number of amides is 1. The van der Waals surface area contributed by atoms with E-state index in [1.54, 1.807) is 24.1 Å². The Morgan fingerprint density at radius 3 is 2.32 bits per heavy atom. The molecule has 186 valence electrons. The number of piperidine rings is 1. The summed E-state index contributed by atoms with van der Waals surface area (Å²) in [6.07, 6.45) is 1.15. The Morgan fingerprint density at radius 2 is 1.74 bits per heavy atom. The van der Waals surface area contributed by atoms with Crippen LogP contribution in [0.2, 0.25) is 10.0 Å². The molecule has 1 atom stereocenters. The van der Waals surface area contributed by atoms with E-state index >= 15 is 0 Å². The van der Waals surface area contributed by atoms with Crippen LogP contribution in [0.4, 0.5) is 0 Å². The zero-order valence-corrected chi connectivity index (χ0v) is 21.8. The van der Waals surface area contributed by atoms with Crippen molar-refractivity contribution in [2.75, 3.05) is 41.5 Å². The molecule has 3 rings (SSSR count). The number of carbonyl (C=O) groups is 1. The van der Waals surface area contributed by atoms with Crippen LogP contribution in [0.1, 0.15) is 18.4 Å². The van der Waals surface area contributed by atoms with Crippen molar-refractivity contribution in [1.29, 1.82) is 0 Å². The molecule has 0 radical (unpaired) electrons. The maximum absolute atomic E-state index is 13.2. The van der Waals surface area contributed by atoms with Crippen LogP contribution in [0.5, 0.6) is 17.2 Å². The van der Waals surface area contributed by atoms with E-state index in [4.69, 9.17) is 37.4 Å². The highest BCUT2D eigenvalue weighted by atomic mass is 35.5. The van der Waals surface area contributed by atoms with Gasteiger partial charge in [-0.15, -0.1) is 0 Å². The van der Waals surface area contributed by atoms with Gasteiger partial charge in [-0.1, -0.05) is 23.2 Å². The summed E-state index contributed by atoms with van der Waals surface area (Å²) in [6, 6.07) is 7.88. The third-order valence-corrected chi connectivity index (χ3v) is 8.35. The Kier molecular flexibility index (Phi) is 8.57. The molecule has 0 saturated carbocycles. The van der Waals surface area contributed by atoms with Gasteiger partial charge in [0.15, 0.2) is 11.5 Å². The molecule has 2 aromatic rings. The molecule has 8 nitrogen and oxygen atoms in total. The first-order valence-corrected chi connectivity index (χ1v) is 12.8. The maximum atomic E-state index is 13.2. The number of halogens is 2. The van der Waals surface area contributed by atoms with Crippen molar-refractivity contribution in [2.45, 2.75) is 24.3 Å². The van der Waals surface area contributed by atoms with Crippen molar-refractivity contribution in [3.8, 4) is 17.2 Å². The molecule has 0 bridgehead atoms. The van der Waals surface area contributed by atoms with Crippen LogP contribution in [-0.2, 0) is 21.4 Å². The molecule has 1 heterocycles. The smallest absolute Gasteiger partial charge is 0.244 e. The molecule has 1 saturated heterocycles. The van der Waals surface area contributed by atoms with Gasteiger partial charge in [0.1, 0.15) is 4.90 Å². The van der Waals surface area contributed by atoms with E-state index in [1.165, 1.54) is 43.8 Å². The largest absolute Gasteiger partial charge is 0.493 e. The van der Waals surface area contributed by atoms with E-state index in [2.05, 4.69) is 0 Å². The average molecular weight is 531 g/mol. The Bertz CT molecular complexity index is 1130. The third kappa shape index (κ3) is 5.54. The van der Waals surface area contributed by atoms with Crippen LogP contribution in [0, 0.1) is 5.92 Å². The van der Waals surface area contributed by atoms with Crippen LogP contribution in [0.15, 0.2) is 35.2 Å². The minimum atomic E-state index is -3.89. The monoisotopic (exact) mass is 530 g/mol. The molecule has 11 heteroatoms. The molecule has 0 aromatic heterocycles. The molecular weight excluding hydrogens is 503 g/mol. The number of sulfonamides is 1. The Hall–Kier alpha value is -2.20. The maximum Gasteiger partial charge on any atom is 0.244 e. The molecule has 1 amide bonds. The number of carbonyl (C=O) groups excluding carboxylic acids is 1. The van der Waals surface area contributed by atoms with Crippen LogP contribution >= 0.6 is 23.2 Å². The summed E-state index contributed by atoms with van der Waals surface area (Å²) in [5.74, 6) is 0.826. The van der Waals surface area contributed by atoms with Crippen LogP contribution in [-0.4, -0.2) is 65.0 Å². The summed E-state index contributed by atoms with van der Waals surface area (Å²) < 4.78 is 43.8. The number of ether oxygens (including phenoxy) is 3. The standard InChI is InChI=1S/C23H28Cl2N2O6S/c1-26(13-15-10-19(31-2)22(33-4)20(11-15)32-3)23(28)16-6-5-9-27(14-16)34(29,30)21-12-17(24)7-8-18(21)25/h7-8,10-12,16H,5-6,9,13-14H2,1-4H3. The highest BCUT2D eigenvalue weighted by Crippen LogP contribution is 2.38. The first kappa shape index (κ1) is 26.4. The molecule has 0 N–H and O–H groups in total. The zero-order valence-electron chi connectivity index (χ0n) is 19.5. The van der Waals surface area contributed by atoms with E-state index in [-0.39, 0.29) is 27.4 Å². The summed E-state index contributed by atoms with van der Waals surface area (Å²) in [6.45, 7) is 0.675. The Balaban J connectivity index is 1.77. The van der Waals surface area contributed by atoms with E-state index in [9.17, 15) is 13.2 Å². The number of methoxy groups -OCH3 is 3. The average Bonchev–Trinajstić information content (AvgIpc) is 2.84. The molecule has 2 aromatic carbocycles. The SMILES string of the molecule is COc1cc(CN(C)C(=O)C2CCCN(S(=O)(=O)c3cc(Cl)ccc3Cl)C2)cc(OC)c1OC. The zero-order chi connectivity index (χ0) is 25.0. The van der Waals surface area contributed by atoms with Gasteiger partial charge in [-0.25, -0.2) is 8.42 Å². The summed E-state index contributed by atoms with van der Waals surface area (Å²) in [7, 11) is 2.37. The lowest BCUT2D eigenvalue weighted by atomic mass is 9.98. The number of hydrogen-bond donors (Lipinski definition) is 0. The van der Waals surface area contributed by atoms with E-state index < -0.39 is 15.9 Å². The Morgan fingerprint density at radius 1 is 1.09 bits per heavy atom. The van der Waals surface area contributed by atoms with Gasteiger partial charge in [-0.05, 0) is 48.7 Å². The number of hydrogen-bond acceptors (Lipinski definition) is 6. The van der Waals surface area contributed by atoms with Crippen LogP contribution in [0.25, 0.3) is 0 Å². The summed E-state index contributed by atoms with van der Waals surface area (Å²) in [4.78, 5) is 14.8. The quantitative estimate of drug-likeness (QED) is 0.511. The van der Waals surface area contributed by atoms with Gasteiger partial charge in [-0.2, -0.15) is 4.31 Å². The van der Waals surface area contributed by atoms with Crippen LogP contribution in [0.3, 0.4) is 0 Å². The fourth-order valence-electron chi connectivity index (χ4n) is 4.07. The van der Waals surface area contributed by atoms with Crippen molar-refractivity contribution in [2.24, 2.45) is 5.92 Å². The second kappa shape index (κ2) is 11.0. The number of nitrogens with zero attached hydrogens (tertiary/aromatic N) is 2. The van der Waals surface area contributed by atoms with Crippen molar-refractivity contribution in [3.05, 3.63) is 45.9 Å². The predicted octanol–water partition coefficient (Wildman–Crippen LogP) is 4.08. The third-order valence-electron chi connectivity index (χ3n) is 5.76. The first-order valence-electron chi connectivity index (χ1n) is 10.6. The molecule has 1 aliphatic rings. The van der Waals surface area contributed by atoms with Gasteiger partial charge in [0.2, 0.25) is 21.7 Å². The van der Waals surface area contributed by atoms with Gasteiger partial charge < -0.3 is 19.1 Å². The van der Waals surface area contributed by atoms with Gasteiger partial charge in [0, 0.05) is 31.7 Å². The van der Waals surface area contributed by atoms with Gasteiger partial charge in [-0.3, -0.25) is 4.79 Å². The molecule has 0 spiro atoms. The predicted molar refractivity (Wildman–Crippen MR) is 131 cm³/mol. The lowest BCUT2D eigenvalue weighted by Gasteiger charge is -2.33. The second-order valence-electron chi connectivity index (χ2n) is 8.00. The van der Waals surface area contributed by atoms with Crippen molar-refractivity contribution < 1.29 is 27.4 Å². The molecule has 0 aliphatic carbocycles. The Labute approximate surface area is 210 Å². The molecule has 1 fully saturated rings. The normalized spacial score (nSPS) is 16.7. The van der Waals surface area contributed by atoms with E-state index in [0.29, 0.717) is 43.2 Å². The van der Waals surface area contributed by atoms with Crippen molar-refractivity contribution in [1.82, 2.24) is 9.21 Å². The second-order valence-corrected chi connectivity index (χ2v) is 10.8. The van der Waals surface area contributed by atoms with Gasteiger partial charge in [0.05, 0.1) is 32.3 Å². The minimum Gasteiger partial charge on any atom is -0.493 e. The van der Waals surface area contributed by atoms with E-state index in [1.807, 2.05) is 0 Å². The first-order chi connectivity index (χ1) is 16.1. The molecule has 1 aliphatic heterocycles. The minimum absolute atomic E-state index is 0.0551. The van der Waals surface area contributed by atoms with Gasteiger partial charge >= 0.3 is 0 Å². The summed E-state index contributed by atoms with van der Waals surface area (Å²) >= 11 is 12.1. The summed E-state index contributed by atoms with van der Waals surface area (Å²) in [5, 5.41) is 0.370. The lowest BCUT2D eigenvalue weighted by molar-refractivity contribution is -0.135. The number of rotatable bonds is 8. The van der Waals surface area contributed by atoms with Crippen LogP contribution < -0.4 is 14.2 Å².